The molecule has 31 heavy (non-hydrogen) atoms. The maximum Gasteiger partial charge on any atom is 0.258 e. The van der Waals surface area contributed by atoms with Crippen molar-refractivity contribution in [3.8, 4) is 11.5 Å². The van der Waals surface area contributed by atoms with Crippen LogP contribution in [-0.4, -0.2) is 56.3 Å². The number of carbonyl (C=O) groups is 1. The Morgan fingerprint density at radius 1 is 0.968 bits per heavy atom. The third kappa shape index (κ3) is 6.71. The molecule has 2 aromatic carbocycles. The number of nitrogens with zero attached hydrogens (tertiary/aromatic N) is 1. The van der Waals surface area contributed by atoms with Crippen LogP contribution >= 0.6 is 0 Å². The van der Waals surface area contributed by atoms with Gasteiger partial charge in [-0.3, -0.25) is 4.79 Å². The predicted molar refractivity (Wildman–Crippen MR) is 119 cm³/mol. The second-order valence-corrected chi connectivity index (χ2v) is 8.38. The number of carbonyl (C=O) groups excluding carboxylic acids is 1. The maximum atomic E-state index is 12.4. The minimum Gasteiger partial charge on any atom is -0.485 e. The van der Waals surface area contributed by atoms with E-state index in [1.165, 1.54) is 6.42 Å². The summed E-state index contributed by atoms with van der Waals surface area (Å²) in [7, 11) is 0. The Labute approximate surface area is 184 Å². The number of benzene rings is 2. The van der Waals surface area contributed by atoms with Gasteiger partial charge in [0.25, 0.3) is 5.91 Å². The molecular weight excluding hydrogens is 392 g/mol. The Kier molecular flexibility index (Phi) is 7.80. The fourth-order valence-electron chi connectivity index (χ4n) is 4.19. The zero-order valence-electron chi connectivity index (χ0n) is 18.0. The van der Waals surface area contributed by atoms with Crippen molar-refractivity contribution in [1.82, 2.24) is 10.2 Å². The van der Waals surface area contributed by atoms with Gasteiger partial charge in [0.15, 0.2) is 18.1 Å². The SMILES string of the molecule is O=C(COc1ccccc1OCc1ccccc1)NC1CCN(CC2CCOC2)CC1. The predicted octanol–water partition coefficient (Wildman–Crippen LogP) is 3.26. The number of hydrogen-bond acceptors (Lipinski definition) is 5. The van der Waals surface area contributed by atoms with Gasteiger partial charge in [-0.15, -0.1) is 0 Å². The third-order valence-electron chi connectivity index (χ3n) is 5.94. The molecule has 4 rings (SSSR count). The molecule has 0 saturated carbocycles. The summed E-state index contributed by atoms with van der Waals surface area (Å²) in [6.45, 7) is 5.41. The molecule has 2 aliphatic rings. The molecule has 0 bridgehead atoms. The Morgan fingerprint density at radius 2 is 1.68 bits per heavy atom. The van der Waals surface area contributed by atoms with Crippen LogP contribution in [0.5, 0.6) is 11.5 Å². The molecule has 0 aromatic heterocycles. The van der Waals surface area contributed by atoms with Crippen LogP contribution < -0.4 is 14.8 Å². The van der Waals surface area contributed by atoms with Gasteiger partial charge in [0.2, 0.25) is 0 Å². The minimum absolute atomic E-state index is 0.00859. The van der Waals surface area contributed by atoms with Crippen LogP contribution in [0.25, 0.3) is 0 Å². The summed E-state index contributed by atoms with van der Waals surface area (Å²) < 4.78 is 17.2. The Balaban J connectivity index is 1.19. The number of nitrogens with one attached hydrogen (secondary N) is 1. The minimum atomic E-state index is -0.0829. The van der Waals surface area contributed by atoms with Crippen LogP contribution in [0.4, 0.5) is 0 Å². The van der Waals surface area contributed by atoms with E-state index >= 15 is 0 Å². The van der Waals surface area contributed by atoms with E-state index in [0.717, 1.165) is 51.3 Å². The largest absolute Gasteiger partial charge is 0.485 e. The zero-order chi connectivity index (χ0) is 21.3. The van der Waals surface area contributed by atoms with Crippen LogP contribution in [0.15, 0.2) is 54.6 Å². The van der Waals surface area contributed by atoms with Crippen LogP contribution in [0.3, 0.4) is 0 Å². The molecule has 6 heteroatoms. The second-order valence-electron chi connectivity index (χ2n) is 8.38. The molecule has 1 amide bonds. The van der Waals surface area contributed by atoms with Crippen molar-refractivity contribution >= 4 is 5.91 Å². The van der Waals surface area contributed by atoms with Crippen molar-refractivity contribution in [2.45, 2.75) is 31.9 Å². The van der Waals surface area contributed by atoms with Crippen LogP contribution in [-0.2, 0) is 16.1 Å². The Hall–Kier alpha value is -2.57. The molecule has 1 unspecified atom stereocenters. The van der Waals surface area contributed by atoms with Gasteiger partial charge < -0.3 is 24.4 Å². The first-order chi connectivity index (χ1) is 15.3. The highest BCUT2D eigenvalue weighted by Crippen LogP contribution is 2.27. The summed E-state index contributed by atoms with van der Waals surface area (Å²) in [6, 6.07) is 17.7. The van der Waals surface area contributed by atoms with Crippen LogP contribution in [0.1, 0.15) is 24.8 Å². The van der Waals surface area contributed by atoms with E-state index in [1.807, 2.05) is 54.6 Å². The molecular formula is C25H32N2O4. The van der Waals surface area contributed by atoms with E-state index in [9.17, 15) is 4.79 Å². The van der Waals surface area contributed by atoms with Gasteiger partial charge in [-0.05, 0) is 42.9 Å². The normalized spacial score (nSPS) is 19.8. The van der Waals surface area contributed by atoms with Crippen LogP contribution in [0.2, 0.25) is 0 Å². The molecule has 2 fully saturated rings. The number of rotatable bonds is 9. The number of ether oxygens (including phenoxy) is 3. The van der Waals surface area contributed by atoms with Gasteiger partial charge in [-0.25, -0.2) is 0 Å². The summed E-state index contributed by atoms with van der Waals surface area (Å²) in [5, 5.41) is 3.12. The second kappa shape index (κ2) is 11.2. The van der Waals surface area contributed by atoms with Crippen LogP contribution in [0, 0.1) is 5.92 Å². The summed E-state index contributed by atoms with van der Waals surface area (Å²) >= 11 is 0. The van der Waals surface area contributed by atoms with E-state index in [2.05, 4.69) is 10.2 Å². The molecule has 2 aliphatic heterocycles. The van der Waals surface area contributed by atoms with Crippen molar-refractivity contribution in [1.29, 1.82) is 0 Å². The van der Waals surface area contributed by atoms with Gasteiger partial charge in [0.05, 0.1) is 6.61 Å². The molecule has 0 aliphatic carbocycles. The first-order valence-electron chi connectivity index (χ1n) is 11.2. The quantitative estimate of drug-likeness (QED) is 0.670. The van der Waals surface area contributed by atoms with Crippen molar-refractivity contribution in [2.75, 3.05) is 39.5 Å². The monoisotopic (exact) mass is 424 g/mol. The van der Waals surface area contributed by atoms with Gasteiger partial charge in [-0.2, -0.15) is 0 Å². The zero-order valence-corrected chi connectivity index (χ0v) is 18.0. The van der Waals surface area contributed by atoms with Crippen molar-refractivity contribution < 1.29 is 19.0 Å². The lowest BCUT2D eigenvalue weighted by atomic mass is 10.0. The van der Waals surface area contributed by atoms with E-state index in [1.54, 1.807) is 0 Å². The number of likely N-dealkylation sites (tertiary alicyclic amines) is 1. The van der Waals surface area contributed by atoms with E-state index in [-0.39, 0.29) is 18.6 Å². The summed E-state index contributed by atoms with van der Waals surface area (Å²) in [6.07, 6.45) is 3.14. The molecule has 1 atom stereocenters. The fraction of sp³-hybridized carbons (Fsp3) is 0.480. The Morgan fingerprint density at radius 3 is 2.39 bits per heavy atom. The topological polar surface area (TPSA) is 60.0 Å². The number of amides is 1. The van der Waals surface area contributed by atoms with Crippen molar-refractivity contribution in [3.05, 3.63) is 60.2 Å². The first-order valence-corrected chi connectivity index (χ1v) is 11.2. The standard InChI is InChI=1S/C25H32N2O4/c28-25(26-22-10-13-27(14-11-22)16-21-12-15-29-17-21)19-31-24-9-5-4-8-23(24)30-18-20-6-2-1-3-7-20/h1-9,21-22H,10-19H2,(H,26,28). The number of hydrogen-bond donors (Lipinski definition) is 1. The molecule has 1 N–H and O–H groups in total. The summed E-state index contributed by atoms with van der Waals surface area (Å²) in [5.74, 6) is 1.81. The maximum absolute atomic E-state index is 12.4. The Bertz CT molecular complexity index is 815. The summed E-state index contributed by atoms with van der Waals surface area (Å²) in [4.78, 5) is 14.9. The van der Waals surface area contributed by atoms with Gasteiger partial charge in [0, 0.05) is 32.3 Å². The average molecular weight is 425 g/mol. The third-order valence-corrected chi connectivity index (χ3v) is 5.94. The molecule has 0 spiro atoms. The lowest BCUT2D eigenvalue weighted by Crippen LogP contribution is -2.46. The summed E-state index contributed by atoms with van der Waals surface area (Å²) in [5.41, 5.74) is 1.09. The molecule has 166 valence electrons. The highest BCUT2D eigenvalue weighted by Gasteiger charge is 2.24. The van der Waals surface area contributed by atoms with Gasteiger partial charge in [-0.1, -0.05) is 42.5 Å². The van der Waals surface area contributed by atoms with E-state index in [4.69, 9.17) is 14.2 Å². The van der Waals surface area contributed by atoms with Crippen molar-refractivity contribution in [2.24, 2.45) is 5.92 Å². The van der Waals surface area contributed by atoms with Gasteiger partial charge >= 0.3 is 0 Å². The smallest absolute Gasteiger partial charge is 0.258 e. The molecule has 2 heterocycles. The van der Waals surface area contributed by atoms with Crippen molar-refractivity contribution in [3.63, 3.8) is 0 Å². The van der Waals surface area contributed by atoms with Gasteiger partial charge in [0.1, 0.15) is 6.61 Å². The lowest BCUT2D eigenvalue weighted by molar-refractivity contribution is -0.124. The average Bonchev–Trinajstić information content (AvgIpc) is 3.32. The fourth-order valence-corrected chi connectivity index (χ4v) is 4.19. The number of para-hydroxylation sites is 2. The molecule has 2 saturated heterocycles. The van der Waals surface area contributed by atoms with E-state index < -0.39 is 0 Å². The highest BCUT2D eigenvalue weighted by molar-refractivity contribution is 5.78. The molecule has 6 nitrogen and oxygen atoms in total. The molecule has 2 aromatic rings. The first kappa shape index (κ1) is 21.7. The number of piperidine rings is 1. The molecule has 0 radical (unpaired) electrons. The highest BCUT2D eigenvalue weighted by atomic mass is 16.5. The lowest BCUT2D eigenvalue weighted by Gasteiger charge is -2.33. The van der Waals surface area contributed by atoms with E-state index in [0.29, 0.717) is 24.0 Å².